The van der Waals surface area contributed by atoms with Gasteiger partial charge < -0.3 is 14.6 Å². The van der Waals surface area contributed by atoms with Crippen LogP contribution in [-0.2, 0) is 6.54 Å². The summed E-state index contributed by atoms with van der Waals surface area (Å²) < 4.78 is 11.1. The first-order valence-electron chi connectivity index (χ1n) is 8.91. The number of aromatic nitrogens is 2. The van der Waals surface area contributed by atoms with Crippen LogP contribution in [0.4, 0.5) is 0 Å². The highest BCUT2D eigenvalue weighted by molar-refractivity contribution is 6.30. The van der Waals surface area contributed by atoms with Gasteiger partial charge in [0.05, 0.1) is 19.7 Å². The Hall–Kier alpha value is -2.41. The predicted molar refractivity (Wildman–Crippen MR) is 104 cm³/mol. The van der Waals surface area contributed by atoms with Crippen LogP contribution in [0.5, 0.6) is 5.75 Å². The van der Waals surface area contributed by atoms with Crippen LogP contribution in [0.1, 0.15) is 17.5 Å². The van der Waals surface area contributed by atoms with Gasteiger partial charge in [-0.15, -0.1) is 0 Å². The highest BCUT2D eigenvalue weighted by Crippen LogP contribution is 2.31. The maximum Gasteiger partial charge on any atom is 0.241 e. The summed E-state index contributed by atoms with van der Waals surface area (Å²) in [6.07, 6.45) is 0. The zero-order valence-corrected chi connectivity index (χ0v) is 15.8. The first-order valence-corrected chi connectivity index (χ1v) is 9.28. The highest BCUT2D eigenvalue weighted by atomic mass is 35.5. The number of hydrogen-bond donors (Lipinski definition) is 1. The molecule has 2 aromatic carbocycles. The van der Waals surface area contributed by atoms with Crippen molar-refractivity contribution in [2.45, 2.75) is 12.6 Å². The van der Waals surface area contributed by atoms with Gasteiger partial charge in [0.25, 0.3) is 0 Å². The van der Waals surface area contributed by atoms with E-state index in [1.807, 2.05) is 42.5 Å². The van der Waals surface area contributed by atoms with Crippen LogP contribution in [0.15, 0.2) is 53.1 Å². The lowest BCUT2D eigenvalue weighted by atomic mass is 10.0. The molecule has 0 radical (unpaired) electrons. The van der Waals surface area contributed by atoms with Crippen molar-refractivity contribution < 1.29 is 9.26 Å². The number of hydrogen-bond acceptors (Lipinski definition) is 6. The van der Waals surface area contributed by atoms with Crippen molar-refractivity contribution in [3.63, 3.8) is 0 Å². The lowest BCUT2D eigenvalue weighted by Crippen LogP contribution is -2.45. The van der Waals surface area contributed by atoms with Crippen molar-refractivity contribution in [3.8, 4) is 17.1 Å². The Labute approximate surface area is 163 Å². The third-order valence-electron chi connectivity index (χ3n) is 4.76. The van der Waals surface area contributed by atoms with Crippen molar-refractivity contribution in [1.29, 1.82) is 0 Å². The molecule has 1 fully saturated rings. The third kappa shape index (κ3) is 3.98. The second-order valence-corrected chi connectivity index (χ2v) is 6.89. The Morgan fingerprint density at radius 1 is 1.22 bits per heavy atom. The molecule has 2 heterocycles. The molecule has 0 bridgehead atoms. The van der Waals surface area contributed by atoms with Crippen molar-refractivity contribution in [3.05, 3.63) is 65.0 Å². The number of nitrogens with one attached hydrogen (secondary N) is 1. The maximum atomic E-state index is 5.95. The van der Waals surface area contributed by atoms with Gasteiger partial charge in [-0.05, 0) is 30.3 Å². The minimum Gasteiger partial charge on any atom is -0.496 e. The average molecular weight is 385 g/mol. The zero-order chi connectivity index (χ0) is 18.6. The van der Waals surface area contributed by atoms with Crippen LogP contribution >= 0.6 is 11.6 Å². The van der Waals surface area contributed by atoms with Crippen LogP contribution in [0.25, 0.3) is 11.4 Å². The molecule has 1 aliphatic heterocycles. The number of ether oxygens (including phenoxy) is 1. The fourth-order valence-corrected chi connectivity index (χ4v) is 3.52. The van der Waals surface area contributed by atoms with E-state index in [9.17, 15) is 0 Å². The minimum atomic E-state index is 0.181. The molecular weight excluding hydrogens is 364 g/mol. The Bertz CT molecular complexity index is 897. The average Bonchev–Trinajstić information content (AvgIpc) is 3.17. The number of para-hydroxylation sites is 1. The van der Waals surface area contributed by atoms with E-state index < -0.39 is 0 Å². The van der Waals surface area contributed by atoms with Gasteiger partial charge in [-0.25, -0.2) is 0 Å². The lowest BCUT2D eigenvalue weighted by molar-refractivity contribution is 0.133. The monoisotopic (exact) mass is 384 g/mol. The highest BCUT2D eigenvalue weighted by Gasteiger charge is 2.27. The van der Waals surface area contributed by atoms with Gasteiger partial charge >= 0.3 is 0 Å². The summed E-state index contributed by atoms with van der Waals surface area (Å²) >= 11 is 5.95. The normalized spacial score (nSPS) is 17.8. The van der Waals surface area contributed by atoms with Gasteiger partial charge in [-0.1, -0.05) is 35.0 Å². The van der Waals surface area contributed by atoms with Crippen LogP contribution in [0.3, 0.4) is 0 Å². The quantitative estimate of drug-likeness (QED) is 0.725. The van der Waals surface area contributed by atoms with Crippen molar-refractivity contribution in [2.75, 3.05) is 26.7 Å². The van der Waals surface area contributed by atoms with Crippen LogP contribution < -0.4 is 10.1 Å². The molecule has 7 heteroatoms. The Kier molecular flexibility index (Phi) is 5.38. The van der Waals surface area contributed by atoms with Crippen molar-refractivity contribution in [1.82, 2.24) is 20.4 Å². The van der Waals surface area contributed by atoms with E-state index in [2.05, 4.69) is 26.4 Å². The second-order valence-electron chi connectivity index (χ2n) is 6.45. The number of piperazine rings is 1. The standard InChI is InChI=1S/C20H21ClN4O2/c1-26-18-5-3-2-4-16(18)17-12-22-10-11-25(17)13-19-23-20(24-27-19)14-6-8-15(21)9-7-14/h2-9,17,22H,10-13H2,1H3. The fraction of sp³-hybridized carbons (Fsp3) is 0.300. The molecule has 0 spiro atoms. The number of nitrogens with zero attached hydrogens (tertiary/aromatic N) is 3. The summed E-state index contributed by atoms with van der Waals surface area (Å²) in [5.41, 5.74) is 2.04. The molecule has 140 valence electrons. The Balaban J connectivity index is 1.54. The SMILES string of the molecule is COc1ccccc1C1CNCCN1Cc1nc(-c2ccc(Cl)cc2)no1. The van der Waals surface area contributed by atoms with E-state index in [0.29, 0.717) is 23.3 Å². The number of halogens is 1. The maximum absolute atomic E-state index is 5.95. The van der Waals surface area contributed by atoms with E-state index in [-0.39, 0.29) is 6.04 Å². The first-order chi connectivity index (χ1) is 13.2. The molecule has 1 saturated heterocycles. The van der Waals surface area contributed by atoms with Gasteiger partial charge in [0, 0.05) is 35.8 Å². The number of rotatable bonds is 5. The molecule has 1 aliphatic rings. The lowest BCUT2D eigenvalue weighted by Gasteiger charge is -2.36. The Morgan fingerprint density at radius 2 is 2.04 bits per heavy atom. The fourth-order valence-electron chi connectivity index (χ4n) is 3.39. The summed E-state index contributed by atoms with van der Waals surface area (Å²) in [7, 11) is 1.70. The molecule has 6 nitrogen and oxygen atoms in total. The van der Waals surface area contributed by atoms with E-state index >= 15 is 0 Å². The molecule has 1 aromatic heterocycles. The molecule has 4 rings (SSSR count). The largest absolute Gasteiger partial charge is 0.496 e. The summed E-state index contributed by atoms with van der Waals surface area (Å²) in [4.78, 5) is 6.90. The second kappa shape index (κ2) is 8.08. The first kappa shape index (κ1) is 18.0. The number of benzene rings is 2. The number of methoxy groups -OCH3 is 1. The van der Waals surface area contributed by atoms with Gasteiger partial charge in [-0.2, -0.15) is 4.98 Å². The summed E-state index contributed by atoms with van der Waals surface area (Å²) in [5.74, 6) is 2.07. The topological polar surface area (TPSA) is 63.4 Å². The van der Waals surface area contributed by atoms with Crippen LogP contribution in [-0.4, -0.2) is 41.8 Å². The van der Waals surface area contributed by atoms with Gasteiger partial charge in [0.1, 0.15) is 5.75 Å². The molecule has 0 aliphatic carbocycles. The van der Waals surface area contributed by atoms with E-state index in [0.717, 1.165) is 36.5 Å². The molecule has 0 amide bonds. The smallest absolute Gasteiger partial charge is 0.241 e. The predicted octanol–water partition coefficient (Wildman–Crippen LogP) is 3.55. The minimum absolute atomic E-state index is 0.181. The summed E-state index contributed by atoms with van der Waals surface area (Å²) in [5, 5.41) is 8.26. The molecule has 0 saturated carbocycles. The van der Waals surface area contributed by atoms with Gasteiger partial charge in [0.15, 0.2) is 0 Å². The van der Waals surface area contributed by atoms with Crippen molar-refractivity contribution in [2.24, 2.45) is 0 Å². The van der Waals surface area contributed by atoms with Crippen molar-refractivity contribution >= 4 is 11.6 Å². The van der Waals surface area contributed by atoms with Gasteiger partial charge in [-0.3, -0.25) is 4.90 Å². The zero-order valence-electron chi connectivity index (χ0n) is 15.1. The summed E-state index contributed by atoms with van der Waals surface area (Å²) in [6, 6.07) is 15.7. The molecule has 1 N–H and O–H groups in total. The Morgan fingerprint density at radius 3 is 2.85 bits per heavy atom. The van der Waals surface area contributed by atoms with E-state index in [1.54, 1.807) is 7.11 Å². The van der Waals surface area contributed by atoms with Crippen LogP contribution in [0, 0.1) is 0 Å². The third-order valence-corrected chi connectivity index (χ3v) is 5.01. The van der Waals surface area contributed by atoms with E-state index in [4.69, 9.17) is 20.9 Å². The molecule has 3 aromatic rings. The van der Waals surface area contributed by atoms with E-state index in [1.165, 1.54) is 0 Å². The summed E-state index contributed by atoms with van der Waals surface area (Å²) in [6.45, 7) is 3.24. The molecule has 27 heavy (non-hydrogen) atoms. The molecule has 1 atom stereocenters. The molecular formula is C20H21ClN4O2. The van der Waals surface area contributed by atoms with Crippen LogP contribution in [0.2, 0.25) is 5.02 Å². The molecule has 1 unspecified atom stereocenters. The van der Waals surface area contributed by atoms with Gasteiger partial charge in [0.2, 0.25) is 11.7 Å².